The lowest BCUT2D eigenvalue weighted by atomic mass is 9.83. The van der Waals surface area contributed by atoms with E-state index in [4.69, 9.17) is 4.74 Å². The van der Waals surface area contributed by atoms with E-state index < -0.39 is 10.8 Å². The van der Waals surface area contributed by atoms with Crippen LogP contribution in [-0.4, -0.2) is 50.2 Å². The number of halogens is 1. The van der Waals surface area contributed by atoms with Gasteiger partial charge in [-0.25, -0.2) is 4.39 Å². The standard InChI is InChI=1S/C28H29FN4O4/c1-37-27-5-3-2-4-19(27)12-13-30-28(34)24-17-20-16-23(33(35)36)10-11-25(20)32-15-14-31(18-26(24)32)22-8-6-21(29)7-9-22/h2-11,16,24,26H,12-15,17-18H2,1H3,(H,30,34). The third-order valence-electron chi connectivity index (χ3n) is 7.32. The molecule has 8 nitrogen and oxygen atoms in total. The molecule has 1 fully saturated rings. The Morgan fingerprint density at radius 2 is 1.92 bits per heavy atom. The number of amides is 1. The average Bonchev–Trinajstić information content (AvgIpc) is 2.92. The number of hydrogen-bond donors (Lipinski definition) is 1. The van der Waals surface area contributed by atoms with Crippen molar-refractivity contribution in [1.82, 2.24) is 5.32 Å². The normalized spacial score (nSPS) is 18.5. The van der Waals surface area contributed by atoms with E-state index in [0.29, 0.717) is 39.0 Å². The smallest absolute Gasteiger partial charge is 0.269 e. The highest BCUT2D eigenvalue weighted by Crippen LogP contribution is 2.38. The number of carbonyl (C=O) groups excluding carboxylic acids is 1. The van der Waals surface area contributed by atoms with Crippen LogP contribution in [-0.2, 0) is 17.6 Å². The van der Waals surface area contributed by atoms with Crippen molar-refractivity contribution in [2.75, 3.05) is 43.1 Å². The van der Waals surface area contributed by atoms with Crippen molar-refractivity contribution < 1.29 is 18.8 Å². The molecule has 3 aromatic rings. The molecule has 2 heterocycles. The van der Waals surface area contributed by atoms with Gasteiger partial charge >= 0.3 is 0 Å². The van der Waals surface area contributed by atoms with Crippen molar-refractivity contribution in [2.45, 2.75) is 18.9 Å². The molecule has 2 aliphatic heterocycles. The fraction of sp³-hybridized carbons (Fsp3) is 0.321. The summed E-state index contributed by atoms with van der Waals surface area (Å²) < 4.78 is 18.9. The Labute approximate surface area is 214 Å². The Morgan fingerprint density at radius 1 is 1.14 bits per heavy atom. The van der Waals surface area contributed by atoms with E-state index in [9.17, 15) is 19.3 Å². The van der Waals surface area contributed by atoms with Gasteiger partial charge in [0.25, 0.3) is 5.69 Å². The molecule has 37 heavy (non-hydrogen) atoms. The average molecular weight is 505 g/mol. The highest BCUT2D eigenvalue weighted by Gasteiger charge is 2.42. The molecular weight excluding hydrogens is 475 g/mol. The van der Waals surface area contributed by atoms with Crippen LogP contribution in [0.3, 0.4) is 0 Å². The van der Waals surface area contributed by atoms with Gasteiger partial charge in [-0.2, -0.15) is 0 Å². The number of benzene rings is 3. The lowest BCUT2D eigenvalue weighted by Gasteiger charge is -2.49. The molecule has 3 aromatic carbocycles. The van der Waals surface area contributed by atoms with E-state index in [0.717, 1.165) is 28.3 Å². The summed E-state index contributed by atoms with van der Waals surface area (Å²) in [7, 11) is 1.63. The molecule has 0 radical (unpaired) electrons. The Hall–Kier alpha value is -4.14. The van der Waals surface area contributed by atoms with E-state index in [-0.39, 0.29) is 23.5 Å². The highest BCUT2D eigenvalue weighted by molar-refractivity contribution is 5.82. The van der Waals surface area contributed by atoms with Gasteiger partial charge < -0.3 is 19.9 Å². The zero-order valence-corrected chi connectivity index (χ0v) is 20.6. The largest absolute Gasteiger partial charge is 0.496 e. The van der Waals surface area contributed by atoms with Crippen molar-refractivity contribution in [1.29, 1.82) is 0 Å². The minimum atomic E-state index is -0.402. The summed E-state index contributed by atoms with van der Waals surface area (Å²) in [5, 5.41) is 14.5. The molecule has 1 N–H and O–H groups in total. The molecule has 0 saturated carbocycles. The molecule has 5 rings (SSSR count). The molecule has 192 valence electrons. The molecule has 2 atom stereocenters. The quantitative estimate of drug-likeness (QED) is 0.387. The van der Waals surface area contributed by atoms with E-state index in [1.807, 2.05) is 24.3 Å². The van der Waals surface area contributed by atoms with Crippen molar-refractivity contribution in [3.05, 3.63) is 93.8 Å². The van der Waals surface area contributed by atoms with Gasteiger partial charge in [-0.1, -0.05) is 18.2 Å². The maximum Gasteiger partial charge on any atom is 0.269 e. The molecular formula is C28H29FN4O4. The fourth-order valence-electron chi connectivity index (χ4n) is 5.47. The summed E-state index contributed by atoms with van der Waals surface area (Å²) in [5.41, 5.74) is 3.69. The summed E-state index contributed by atoms with van der Waals surface area (Å²) in [4.78, 5) is 28.9. The second-order valence-electron chi connectivity index (χ2n) is 9.42. The van der Waals surface area contributed by atoms with Gasteiger partial charge in [0.15, 0.2) is 0 Å². The first-order valence-electron chi connectivity index (χ1n) is 12.4. The van der Waals surface area contributed by atoms with E-state index in [2.05, 4.69) is 15.1 Å². The predicted octanol–water partition coefficient (Wildman–Crippen LogP) is 3.97. The maximum absolute atomic E-state index is 13.5. The predicted molar refractivity (Wildman–Crippen MR) is 140 cm³/mol. The Kier molecular flexibility index (Phi) is 6.94. The first-order chi connectivity index (χ1) is 17.9. The van der Waals surface area contributed by atoms with Crippen LogP contribution in [0.5, 0.6) is 5.75 Å². The van der Waals surface area contributed by atoms with Gasteiger partial charge in [-0.05, 0) is 60.4 Å². The van der Waals surface area contributed by atoms with Crippen LogP contribution < -0.4 is 19.9 Å². The summed E-state index contributed by atoms with van der Waals surface area (Å²) in [5.74, 6) is 0.0188. The summed E-state index contributed by atoms with van der Waals surface area (Å²) in [6.07, 6.45) is 1.04. The van der Waals surface area contributed by atoms with E-state index in [1.165, 1.54) is 18.2 Å². The number of non-ortho nitro benzene ring substituents is 1. The van der Waals surface area contributed by atoms with Crippen LogP contribution in [0.15, 0.2) is 66.7 Å². The number of nitrogens with one attached hydrogen (secondary N) is 1. The second-order valence-corrected chi connectivity index (χ2v) is 9.42. The zero-order chi connectivity index (χ0) is 25.9. The van der Waals surface area contributed by atoms with Crippen molar-refractivity contribution in [3.8, 4) is 5.75 Å². The second kappa shape index (κ2) is 10.5. The minimum absolute atomic E-state index is 0.0254. The molecule has 2 aliphatic rings. The van der Waals surface area contributed by atoms with Crippen molar-refractivity contribution in [2.24, 2.45) is 5.92 Å². The highest BCUT2D eigenvalue weighted by atomic mass is 19.1. The molecule has 1 amide bonds. The van der Waals surface area contributed by atoms with Crippen LogP contribution in [0.1, 0.15) is 11.1 Å². The Morgan fingerprint density at radius 3 is 2.68 bits per heavy atom. The van der Waals surface area contributed by atoms with Crippen LogP contribution in [0.4, 0.5) is 21.5 Å². The Bertz CT molecular complexity index is 1300. The van der Waals surface area contributed by atoms with E-state index in [1.54, 1.807) is 31.4 Å². The van der Waals surface area contributed by atoms with Gasteiger partial charge in [0.1, 0.15) is 11.6 Å². The number of rotatable bonds is 7. The van der Waals surface area contributed by atoms with Gasteiger partial charge in [0.2, 0.25) is 5.91 Å². The summed E-state index contributed by atoms with van der Waals surface area (Å²) in [6, 6.07) is 18.9. The third-order valence-corrected chi connectivity index (χ3v) is 7.32. The number of fused-ring (bicyclic) bond motifs is 3. The number of anilines is 2. The van der Waals surface area contributed by atoms with Crippen molar-refractivity contribution in [3.63, 3.8) is 0 Å². The first kappa shape index (κ1) is 24.5. The number of piperazine rings is 1. The number of para-hydroxylation sites is 1. The topological polar surface area (TPSA) is 87.9 Å². The molecule has 9 heteroatoms. The van der Waals surface area contributed by atoms with Crippen LogP contribution in [0.2, 0.25) is 0 Å². The lowest BCUT2D eigenvalue weighted by Crippen LogP contribution is -2.61. The number of nitro benzene ring substituents is 1. The lowest BCUT2D eigenvalue weighted by molar-refractivity contribution is -0.384. The Balaban J connectivity index is 1.38. The fourth-order valence-corrected chi connectivity index (χ4v) is 5.47. The molecule has 1 saturated heterocycles. The summed E-state index contributed by atoms with van der Waals surface area (Å²) in [6.45, 7) is 2.39. The molecule has 2 unspecified atom stereocenters. The zero-order valence-electron chi connectivity index (χ0n) is 20.6. The molecule has 0 aromatic heterocycles. The SMILES string of the molecule is COc1ccccc1CCNC(=O)C1Cc2cc([N+](=O)[O-])ccc2N2CCN(c3ccc(F)cc3)CC12. The minimum Gasteiger partial charge on any atom is -0.496 e. The molecule has 0 bridgehead atoms. The maximum atomic E-state index is 13.5. The first-order valence-corrected chi connectivity index (χ1v) is 12.4. The van der Waals surface area contributed by atoms with Crippen LogP contribution in [0, 0.1) is 21.8 Å². The van der Waals surface area contributed by atoms with Crippen LogP contribution in [0.25, 0.3) is 0 Å². The van der Waals surface area contributed by atoms with Gasteiger partial charge in [-0.15, -0.1) is 0 Å². The number of methoxy groups -OCH3 is 1. The monoisotopic (exact) mass is 504 g/mol. The van der Waals surface area contributed by atoms with Gasteiger partial charge in [0, 0.05) is 49.7 Å². The molecule has 0 spiro atoms. The third kappa shape index (κ3) is 5.07. The van der Waals surface area contributed by atoms with Gasteiger partial charge in [-0.3, -0.25) is 14.9 Å². The van der Waals surface area contributed by atoms with E-state index >= 15 is 0 Å². The van der Waals surface area contributed by atoms with Gasteiger partial charge in [0.05, 0.1) is 24.0 Å². The van der Waals surface area contributed by atoms with Crippen molar-refractivity contribution >= 4 is 23.0 Å². The summed E-state index contributed by atoms with van der Waals surface area (Å²) >= 11 is 0. The number of carbonyl (C=O) groups is 1. The number of nitrogens with zero attached hydrogens (tertiary/aromatic N) is 3. The number of hydrogen-bond acceptors (Lipinski definition) is 6. The number of nitro groups is 1. The van der Waals surface area contributed by atoms with Crippen LogP contribution >= 0.6 is 0 Å². The number of ether oxygens (including phenoxy) is 1. The molecule has 0 aliphatic carbocycles.